The molecule has 1 rings (SSSR count). The molecule has 1 saturated heterocycles. The van der Waals surface area contributed by atoms with Crippen molar-refractivity contribution in [3.05, 3.63) is 0 Å². The molecule has 108 valence electrons. The predicted molar refractivity (Wildman–Crippen MR) is 68.5 cm³/mol. The van der Waals surface area contributed by atoms with E-state index < -0.39 is 11.9 Å². The molecule has 0 bridgehead atoms. The Morgan fingerprint density at radius 2 is 2.00 bits per heavy atom. The van der Waals surface area contributed by atoms with Crippen molar-refractivity contribution >= 4 is 17.5 Å². The third-order valence-corrected chi connectivity index (χ3v) is 3.27. The van der Waals surface area contributed by atoms with Gasteiger partial charge < -0.3 is 9.47 Å². The monoisotopic (exact) mass is 270 g/mol. The average molecular weight is 270 g/mol. The number of carbonyl (C=O) groups excluding carboxylic acids is 3. The zero-order chi connectivity index (χ0) is 14.4. The number of ketones is 2. The summed E-state index contributed by atoms with van der Waals surface area (Å²) in [5.41, 5.74) is 0. The SMILES string of the molecule is CCOC(=O)C(CC(=O)C1CCOC1)C(=O)C(C)C. The van der Waals surface area contributed by atoms with E-state index >= 15 is 0 Å². The van der Waals surface area contributed by atoms with Gasteiger partial charge in [-0.25, -0.2) is 0 Å². The molecule has 0 saturated carbocycles. The molecule has 0 aliphatic carbocycles. The molecule has 0 aromatic rings. The first kappa shape index (κ1) is 15.8. The summed E-state index contributed by atoms with van der Waals surface area (Å²) in [5, 5.41) is 0. The van der Waals surface area contributed by atoms with Gasteiger partial charge in [0.25, 0.3) is 0 Å². The van der Waals surface area contributed by atoms with E-state index in [0.717, 1.165) is 0 Å². The highest BCUT2D eigenvalue weighted by atomic mass is 16.5. The van der Waals surface area contributed by atoms with E-state index in [-0.39, 0.29) is 36.4 Å². The van der Waals surface area contributed by atoms with Crippen LogP contribution in [-0.4, -0.2) is 37.4 Å². The van der Waals surface area contributed by atoms with Crippen LogP contribution in [0, 0.1) is 17.8 Å². The minimum atomic E-state index is -0.965. The lowest BCUT2D eigenvalue weighted by atomic mass is 9.87. The Morgan fingerprint density at radius 1 is 1.32 bits per heavy atom. The highest BCUT2D eigenvalue weighted by Gasteiger charge is 2.34. The maximum Gasteiger partial charge on any atom is 0.316 e. The Labute approximate surface area is 113 Å². The van der Waals surface area contributed by atoms with Gasteiger partial charge in [-0.1, -0.05) is 13.8 Å². The smallest absolute Gasteiger partial charge is 0.316 e. The quantitative estimate of drug-likeness (QED) is 0.516. The Balaban J connectivity index is 2.70. The van der Waals surface area contributed by atoms with Crippen LogP contribution in [0.1, 0.15) is 33.6 Å². The van der Waals surface area contributed by atoms with Crippen molar-refractivity contribution in [2.45, 2.75) is 33.6 Å². The van der Waals surface area contributed by atoms with E-state index in [1.807, 2.05) is 0 Å². The van der Waals surface area contributed by atoms with Gasteiger partial charge in [-0.2, -0.15) is 0 Å². The lowest BCUT2D eigenvalue weighted by Crippen LogP contribution is -2.33. The molecule has 5 nitrogen and oxygen atoms in total. The summed E-state index contributed by atoms with van der Waals surface area (Å²) in [6.07, 6.45) is 0.605. The molecule has 2 atom stereocenters. The lowest BCUT2D eigenvalue weighted by Gasteiger charge is -2.17. The normalized spacial score (nSPS) is 20.3. The van der Waals surface area contributed by atoms with Gasteiger partial charge in [0, 0.05) is 24.9 Å². The van der Waals surface area contributed by atoms with Crippen LogP contribution in [0.4, 0.5) is 0 Å². The summed E-state index contributed by atoms with van der Waals surface area (Å²) in [4.78, 5) is 35.9. The van der Waals surface area contributed by atoms with E-state index in [4.69, 9.17) is 9.47 Å². The van der Waals surface area contributed by atoms with E-state index in [1.54, 1.807) is 20.8 Å². The fraction of sp³-hybridized carbons (Fsp3) is 0.786. The molecule has 0 amide bonds. The van der Waals surface area contributed by atoms with Gasteiger partial charge in [-0.15, -0.1) is 0 Å². The minimum Gasteiger partial charge on any atom is -0.465 e. The Morgan fingerprint density at radius 3 is 2.47 bits per heavy atom. The molecule has 19 heavy (non-hydrogen) atoms. The topological polar surface area (TPSA) is 69.7 Å². The van der Waals surface area contributed by atoms with Crippen molar-refractivity contribution in [3.63, 3.8) is 0 Å². The third kappa shape index (κ3) is 4.42. The fourth-order valence-electron chi connectivity index (χ4n) is 2.10. The summed E-state index contributed by atoms with van der Waals surface area (Å²) < 4.78 is 10.0. The Bertz CT molecular complexity index is 342. The number of ether oxygens (including phenoxy) is 2. The second-order valence-corrected chi connectivity index (χ2v) is 5.09. The van der Waals surface area contributed by atoms with E-state index in [0.29, 0.717) is 19.6 Å². The molecule has 0 spiro atoms. The van der Waals surface area contributed by atoms with Crippen molar-refractivity contribution in [2.75, 3.05) is 19.8 Å². The number of Topliss-reactive ketones (excluding diaryl/α,β-unsaturated/α-hetero) is 2. The molecule has 0 N–H and O–H groups in total. The molecular formula is C14H22O5. The van der Waals surface area contributed by atoms with Gasteiger partial charge in [0.05, 0.1) is 13.2 Å². The predicted octanol–water partition coefficient (Wildman–Crippen LogP) is 1.39. The molecule has 0 radical (unpaired) electrons. The van der Waals surface area contributed by atoms with Gasteiger partial charge in [0.15, 0.2) is 0 Å². The summed E-state index contributed by atoms with van der Waals surface area (Å²) in [6, 6.07) is 0. The molecule has 0 aromatic heterocycles. The van der Waals surface area contributed by atoms with E-state index in [9.17, 15) is 14.4 Å². The molecular weight excluding hydrogens is 248 g/mol. The van der Waals surface area contributed by atoms with Crippen LogP contribution in [0.15, 0.2) is 0 Å². The van der Waals surface area contributed by atoms with Gasteiger partial charge >= 0.3 is 5.97 Å². The van der Waals surface area contributed by atoms with Crippen LogP contribution in [0.5, 0.6) is 0 Å². The zero-order valence-electron chi connectivity index (χ0n) is 11.8. The van der Waals surface area contributed by atoms with Crippen LogP contribution < -0.4 is 0 Å². The van der Waals surface area contributed by atoms with Crippen LogP contribution in [-0.2, 0) is 23.9 Å². The Kier molecular flexibility index (Phi) is 6.15. The standard InChI is InChI=1S/C14H22O5/c1-4-19-14(17)11(13(16)9(2)3)7-12(15)10-5-6-18-8-10/h9-11H,4-8H2,1-3H3. The number of esters is 1. The summed E-state index contributed by atoms with van der Waals surface area (Å²) in [7, 11) is 0. The van der Waals surface area contributed by atoms with Gasteiger partial charge in [-0.05, 0) is 13.3 Å². The van der Waals surface area contributed by atoms with Crippen LogP contribution in [0.25, 0.3) is 0 Å². The van der Waals surface area contributed by atoms with Gasteiger partial charge in [-0.3, -0.25) is 14.4 Å². The highest BCUT2D eigenvalue weighted by Crippen LogP contribution is 2.21. The summed E-state index contributed by atoms with van der Waals surface area (Å²) in [5.74, 6) is -2.34. The molecule has 1 fully saturated rings. The highest BCUT2D eigenvalue weighted by molar-refractivity contribution is 6.03. The van der Waals surface area contributed by atoms with Crippen LogP contribution >= 0.6 is 0 Å². The van der Waals surface area contributed by atoms with E-state index in [2.05, 4.69) is 0 Å². The maximum absolute atomic E-state index is 12.1. The number of hydrogen-bond donors (Lipinski definition) is 0. The second-order valence-electron chi connectivity index (χ2n) is 5.09. The first-order chi connectivity index (χ1) is 8.97. The second kappa shape index (κ2) is 7.38. The van der Waals surface area contributed by atoms with Crippen molar-refractivity contribution < 1.29 is 23.9 Å². The van der Waals surface area contributed by atoms with Crippen molar-refractivity contribution in [1.82, 2.24) is 0 Å². The maximum atomic E-state index is 12.1. The first-order valence-corrected chi connectivity index (χ1v) is 6.78. The third-order valence-electron chi connectivity index (χ3n) is 3.27. The average Bonchev–Trinajstić information content (AvgIpc) is 2.88. The number of hydrogen-bond acceptors (Lipinski definition) is 5. The van der Waals surface area contributed by atoms with Crippen LogP contribution in [0.2, 0.25) is 0 Å². The summed E-state index contributed by atoms with van der Waals surface area (Å²) >= 11 is 0. The minimum absolute atomic E-state index is 0.0656. The van der Waals surface area contributed by atoms with Gasteiger partial charge in [0.2, 0.25) is 0 Å². The zero-order valence-corrected chi connectivity index (χ0v) is 11.8. The largest absolute Gasteiger partial charge is 0.465 e. The molecule has 1 heterocycles. The van der Waals surface area contributed by atoms with Gasteiger partial charge in [0.1, 0.15) is 17.5 Å². The van der Waals surface area contributed by atoms with Crippen LogP contribution in [0.3, 0.4) is 0 Å². The van der Waals surface area contributed by atoms with E-state index in [1.165, 1.54) is 0 Å². The molecule has 2 unspecified atom stereocenters. The molecule has 0 aromatic carbocycles. The first-order valence-electron chi connectivity index (χ1n) is 6.78. The number of carbonyl (C=O) groups is 3. The Hall–Kier alpha value is -1.23. The van der Waals surface area contributed by atoms with Crippen molar-refractivity contribution in [1.29, 1.82) is 0 Å². The van der Waals surface area contributed by atoms with Crippen molar-refractivity contribution in [2.24, 2.45) is 17.8 Å². The molecule has 1 aliphatic heterocycles. The van der Waals surface area contributed by atoms with Crippen molar-refractivity contribution in [3.8, 4) is 0 Å². The summed E-state index contributed by atoms with van der Waals surface area (Å²) in [6.45, 7) is 6.29. The lowest BCUT2D eigenvalue weighted by molar-refractivity contribution is -0.154. The number of rotatable bonds is 7. The molecule has 5 heteroatoms. The fourth-order valence-corrected chi connectivity index (χ4v) is 2.10. The molecule has 1 aliphatic rings.